The highest BCUT2D eigenvalue weighted by Gasteiger charge is 2.33. The molecule has 2 fully saturated rings. The Labute approximate surface area is 237 Å². The van der Waals surface area contributed by atoms with Gasteiger partial charge in [0, 0.05) is 67.7 Å². The molecule has 0 radical (unpaired) electrons. The van der Waals surface area contributed by atoms with E-state index in [-0.39, 0.29) is 47.4 Å². The fourth-order valence-corrected chi connectivity index (χ4v) is 5.23. The van der Waals surface area contributed by atoms with E-state index >= 15 is 0 Å². The number of carbonyl (C=O) groups is 2. The first-order chi connectivity index (χ1) is 19.7. The van der Waals surface area contributed by atoms with Gasteiger partial charge in [0.25, 0.3) is 17.7 Å². The molecule has 1 aliphatic heterocycles. The fraction of sp³-hybridized carbons (Fsp3) is 0.367. The number of hydrogen-bond acceptors (Lipinski definition) is 7. The Morgan fingerprint density at radius 2 is 1.78 bits per heavy atom. The Balaban J connectivity index is 1.23. The Morgan fingerprint density at radius 1 is 1.02 bits per heavy atom. The SMILES string of the molecule is N=C(C(=O)Nc1ccc(C(=O)NC2CCCC2)nc1)c1cc(-c2cncc(CN3CCC(F)(F)CC3)c2)ccc1N. The van der Waals surface area contributed by atoms with Crippen molar-refractivity contribution in [2.75, 3.05) is 24.1 Å². The molecule has 1 saturated heterocycles. The molecule has 9 nitrogen and oxygen atoms in total. The minimum atomic E-state index is -2.60. The van der Waals surface area contributed by atoms with Gasteiger partial charge in [-0.25, -0.2) is 13.8 Å². The molecule has 2 aliphatic rings. The van der Waals surface area contributed by atoms with Crippen molar-refractivity contribution < 1.29 is 18.4 Å². The number of halogens is 2. The van der Waals surface area contributed by atoms with Crippen LogP contribution in [0.5, 0.6) is 0 Å². The quantitative estimate of drug-likeness (QED) is 0.234. The normalized spacial score (nSPS) is 17.2. The Hall–Kier alpha value is -4.25. The summed E-state index contributed by atoms with van der Waals surface area (Å²) in [6, 6.07) is 10.3. The number of aromatic nitrogens is 2. The highest BCUT2D eigenvalue weighted by atomic mass is 19.3. The lowest BCUT2D eigenvalue weighted by Gasteiger charge is -2.31. The molecule has 0 spiro atoms. The molecular weight excluding hydrogens is 528 g/mol. The number of rotatable bonds is 8. The van der Waals surface area contributed by atoms with E-state index in [2.05, 4.69) is 20.6 Å². The Kier molecular flexibility index (Phi) is 8.34. The smallest absolute Gasteiger partial charge is 0.274 e. The number of carbonyl (C=O) groups excluding carboxylic acids is 2. The van der Waals surface area contributed by atoms with Crippen molar-refractivity contribution in [3.63, 3.8) is 0 Å². The van der Waals surface area contributed by atoms with E-state index in [1.165, 1.54) is 12.3 Å². The summed E-state index contributed by atoms with van der Waals surface area (Å²) in [5.74, 6) is -3.52. The number of piperidine rings is 1. The van der Waals surface area contributed by atoms with E-state index < -0.39 is 11.8 Å². The van der Waals surface area contributed by atoms with Crippen LogP contribution >= 0.6 is 0 Å². The van der Waals surface area contributed by atoms with E-state index in [9.17, 15) is 18.4 Å². The monoisotopic (exact) mass is 561 g/mol. The van der Waals surface area contributed by atoms with Crippen LogP contribution in [0.25, 0.3) is 11.1 Å². The lowest BCUT2D eigenvalue weighted by Crippen LogP contribution is -2.38. The van der Waals surface area contributed by atoms with Crippen LogP contribution in [0.1, 0.15) is 60.1 Å². The largest absolute Gasteiger partial charge is 0.398 e. The summed E-state index contributed by atoms with van der Waals surface area (Å²) in [5.41, 5.74) is 9.29. The molecule has 3 aromatic rings. The average molecular weight is 562 g/mol. The van der Waals surface area contributed by atoms with Crippen LogP contribution in [0.3, 0.4) is 0 Å². The van der Waals surface area contributed by atoms with Crippen LogP contribution in [0.2, 0.25) is 0 Å². The summed E-state index contributed by atoms with van der Waals surface area (Å²) < 4.78 is 27.0. The molecule has 11 heteroatoms. The van der Waals surface area contributed by atoms with Gasteiger partial charge in [-0.3, -0.25) is 24.9 Å². The number of nitrogens with zero attached hydrogens (tertiary/aromatic N) is 3. The lowest BCUT2D eigenvalue weighted by atomic mass is 9.99. The molecule has 5 N–H and O–H groups in total. The van der Waals surface area contributed by atoms with Gasteiger partial charge in [0.15, 0.2) is 0 Å². The second-order valence-corrected chi connectivity index (χ2v) is 10.7. The molecular formula is C30H33F2N7O2. The van der Waals surface area contributed by atoms with Gasteiger partial charge in [0.05, 0.1) is 11.9 Å². The first-order valence-corrected chi connectivity index (χ1v) is 13.8. The maximum atomic E-state index is 13.5. The van der Waals surface area contributed by atoms with Gasteiger partial charge >= 0.3 is 0 Å². The number of benzene rings is 1. The van der Waals surface area contributed by atoms with Gasteiger partial charge in [-0.05, 0) is 54.3 Å². The molecule has 2 amide bonds. The number of nitrogen functional groups attached to an aromatic ring is 1. The van der Waals surface area contributed by atoms with Gasteiger partial charge in [-0.2, -0.15) is 0 Å². The average Bonchev–Trinajstić information content (AvgIpc) is 3.47. The maximum Gasteiger partial charge on any atom is 0.274 e. The third-order valence-corrected chi connectivity index (χ3v) is 7.62. The highest BCUT2D eigenvalue weighted by Crippen LogP contribution is 2.29. The van der Waals surface area contributed by atoms with Crippen LogP contribution in [0.15, 0.2) is 55.0 Å². The van der Waals surface area contributed by atoms with Gasteiger partial charge in [0.2, 0.25) is 0 Å². The number of alkyl halides is 2. The van der Waals surface area contributed by atoms with Gasteiger partial charge in [0.1, 0.15) is 11.4 Å². The zero-order valence-corrected chi connectivity index (χ0v) is 22.6. The first-order valence-electron chi connectivity index (χ1n) is 13.8. The maximum absolute atomic E-state index is 13.5. The molecule has 3 heterocycles. The van der Waals surface area contributed by atoms with Crippen molar-refractivity contribution in [3.05, 3.63) is 71.8 Å². The van der Waals surface area contributed by atoms with E-state index in [4.69, 9.17) is 11.1 Å². The Morgan fingerprint density at radius 3 is 2.49 bits per heavy atom. The zero-order valence-electron chi connectivity index (χ0n) is 22.6. The van der Waals surface area contributed by atoms with Gasteiger partial charge < -0.3 is 16.4 Å². The summed E-state index contributed by atoms with van der Waals surface area (Å²) in [6.07, 6.45) is 8.61. The summed E-state index contributed by atoms with van der Waals surface area (Å²) in [6.45, 7) is 1.15. The summed E-state index contributed by atoms with van der Waals surface area (Å²) in [5, 5.41) is 14.1. The van der Waals surface area contributed by atoms with Gasteiger partial charge in [-0.1, -0.05) is 18.9 Å². The van der Waals surface area contributed by atoms with Crippen molar-refractivity contribution in [2.45, 2.75) is 57.0 Å². The molecule has 1 aromatic carbocycles. The number of likely N-dealkylation sites (tertiary alicyclic amines) is 1. The van der Waals surface area contributed by atoms with Crippen LogP contribution in [0.4, 0.5) is 20.2 Å². The molecule has 0 unspecified atom stereocenters. The fourth-order valence-electron chi connectivity index (χ4n) is 5.23. The molecule has 1 saturated carbocycles. The predicted molar refractivity (Wildman–Crippen MR) is 153 cm³/mol. The van der Waals surface area contributed by atoms with Crippen LogP contribution < -0.4 is 16.4 Å². The molecule has 2 aromatic heterocycles. The molecule has 0 bridgehead atoms. The number of amides is 2. The summed E-state index contributed by atoms with van der Waals surface area (Å²) in [4.78, 5) is 35.8. The molecule has 1 aliphatic carbocycles. The second-order valence-electron chi connectivity index (χ2n) is 10.7. The van der Waals surface area contributed by atoms with Crippen LogP contribution in [-0.4, -0.2) is 57.4 Å². The number of anilines is 2. The number of nitrogens with one attached hydrogen (secondary N) is 3. The summed E-state index contributed by atoms with van der Waals surface area (Å²) >= 11 is 0. The number of nitrogens with two attached hydrogens (primary N) is 1. The lowest BCUT2D eigenvalue weighted by molar-refractivity contribution is -0.110. The van der Waals surface area contributed by atoms with Crippen molar-refractivity contribution in [2.24, 2.45) is 0 Å². The third-order valence-electron chi connectivity index (χ3n) is 7.62. The van der Waals surface area contributed by atoms with E-state index in [0.29, 0.717) is 30.9 Å². The van der Waals surface area contributed by atoms with Crippen molar-refractivity contribution in [3.8, 4) is 11.1 Å². The topological polar surface area (TPSA) is 137 Å². The highest BCUT2D eigenvalue weighted by molar-refractivity contribution is 6.48. The van der Waals surface area contributed by atoms with Crippen molar-refractivity contribution in [1.29, 1.82) is 5.41 Å². The first kappa shape index (κ1) is 28.3. The minimum absolute atomic E-state index is 0.151. The third kappa shape index (κ3) is 7.10. The predicted octanol–water partition coefficient (Wildman–Crippen LogP) is 4.64. The van der Waals surface area contributed by atoms with Crippen LogP contribution in [-0.2, 0) is 11.3 Å². The molecule has 214 valence electrons. The number of pyridine rings is 2. The molecule has 5 rings (SSSR count). The standard InChI is InChI=1S/C30H33F2N7O2/c31-30(32)9-11-39(12-10-30)18-19-13-21(16-35-15-19)20-5-7-25(33)24(14-20)27(34)29(41)38-23-6-8-26(36-17-23)28(40)37-22-3-1-2-4-22/h5-8,13-17,22,34H,1-4,9-12,18,33H2,(H,37,40)(H,38,41). The van der Waals surface area contributed by atoms with E-state index in [0.717, 1.165) is 36.8 Å². The molecule has 41 heavy (non-hydrogen) atoms. The van der Waals surface area contributed by atoms with Crippen molar-refractivity contribution >= 4 is 28.9 Å². The van der Waals surface area contributed by atoms with E-state index in [1.807, 2.05) is 11.0 Å². The minimum Gasteiger partial charge on any atom is -0.398 e. The van der Waals surface area contributed by atoms with Gasteiger partial charge in [-0.15, -0.1) is 0 Å². The second kappa shape index (κ2) is 12.1. The zero-order chi connectivity index (χ0) is 29.0. The Bertz CT molecular complexity index is 1430. The van der Waals surface area contributed by atoms with Crippen molar-refractivity contribution in [1.82, 2.24) is 20.2 Å². The molecule has 0 atom stereocenters. The summed E-state index contributed by atoms with van der Waals surface area (Å²) in [7, 11) is 0. The number of hydrogen-bond donors (Lipinski definition) is 4. The van der Waals surface area contributed by atoms with E-state index in [1.54, 1.807) is 36.7 Å². The van der Waals surface area contributed by atoms with Crippen LogP contribution in [0, 0.1) is 5.41 Å².